The molecule has 6 heteroatoms. The van der Waals surface area contributed by atoms with E-state index in [4.69, 9.17) is 4.74 Å². The zero-order valence-electron chi connectivity index (χ0n) is 12.1. The second kappa shape index (κ2) is 5.45. The summed E-state index contributed by atoms with van der Waals surface area (Å²) in [5.41, 5.74) is 0.237. The number of hydrogen-bond acceptors (Lipinski definition) is 4. The first kappa shape index (κ1) is 15.9. The maximum absolute atomic E-state index is 12.0. The molecule has 1 atom stereocenters. The Balaban J connectivity index is 3.21. The highest BCUT2D eigenvalue weighted by Crippen LogP contribution is 2.21. The average Bonchev–Trinajstić information content (AvgIpc) is 2.23. The predicted octanol–water partition coefficient (Wildman–Crippen LogP) is 2.53. The minimum atomic E-state index is -0.712. The number of esters is 1. The van der Waals surface area contributed by atoms with Crippen LogP contribution in [0, 0.1) is 13.8 Å². The van der Waals surface area contributed by atoms with Gasteiger partial charge in [-0.2, -0.15) is 4.98 Å². The van der Waals surface area contributed by atoms with Gasteiger partial charge in [-0.25, -0.2) is 9.59 Å². The largest absolute Gasteiger partial charge is 0.458 e. The molecule has 0 spiro atoms. The van der Waals surface area contributed by atoms with E-state index in [0.717, 1.165) is 4.47 Å². The van der Waals surface area contributed by atoms with Crippen LogP contribution in [-0.2, 0) is 9.53 Å². The van der Waals surface area contributed by atoms with Crippen LogP contribution in [0.2, 0.25) is 0 Å². The second-order valence-electron chi connectivity index (χ2n) is 5.46. The molecule has 0 saturated carbocycles. The van der Waals surface area contributed by atoms with Crippen LogP contribution in [0.5, 0.6) is 0 Å². The Labute approximate surface area is 121 Å². The van der Waals surface area contributed by atoms with Crippen LogP contribution < -0.4 is 5.69 Å². The topological polar surface area (TPSA) is 61.2 Å². The fourth-order valence-corrected chi connectivity index (χ4v) is 1.99. The first-order valence-electron chi connectivity index (χ1n) is 6.02. The van der Waals surface area contributed by atoms with Gasteiger partial charge in [0.15, 0.2) is 0 Å². The van der Waals surface area contributed by atoms with E-state index in [9.17, 15) is 9.59 Å². The van der Waals surface area contributed by atoms with Crippen LogP contribution in [0.4, 0.5) is 0 Å². The van der Waals surface area contributed by atoms with Gasteiger partial charge in [0.1, 0.15) is 11.6 Å². The summed E-state index contributed by atoms with van der Waals surface area (Å²) in [5.74, 6) is -0.449. The van der Waals surface area contributed by atoms with Gasteiger partial charge in [0.2, 0.25) is 0 Å². The number of aromatic nitrogens is 2. The standard InChI is InChI=1S/C13H19BrN2O3/c1-7-10(14)8(2)16(12(18)15-7)9(3)11(17)19-13(4,5)6/h9H,1-6H3. The molecule has 0 saturated heterocycles. The van der Waals surface area contributed by atoms with Gasteiger partial charge in [0.25, 0.3) is 0 Å². The summed E-state index contributed by atoms with van der Waals surface area (Å²) in [5, 5.41) is 0. The lowest BCUT2D eigenvalue weighted by atomic mass is 10.2. The molecule has 1 rings (SSSR count). The summed E-state index contributed by atoms with van der Waals surface area (Å²) in [6.07, 6.45) is 0. The van der Waals surface area contributed by atoms with Crippen molar-refractivity contribution in [1.29, 1.82) is 0 Å². The van der Waals surface area contributed by atoms with Crippen LogP contribution in [0.15, 0.2) is 9.27 Å². The van der Waals surface area contributed by atoms with Crippen molar-refractivity contribution in [3.63, 3.8) is 0 Å². The monoisotopic (exact) mass is 330 g/mol. The molecule has 0 radical (unpaired) electrons. The van der Waals surface area contributed by atoms with Crippen molar-refractivity contribution in [2.75, 3.05) is 0 Å². The minimum Gasteiger partial charge on any atom is -0.458 e. The van der Waals surface area contributed by atoms with Gasteiger partial charge in [0.05, 0.1) is 10.2 Å². The number of halogens is 1. The maximum atomic E-state index is 12.0. The molecule has 0 aliphatic rings. The number of carbonyl (C=O) groups excluding carboxylic acids is 1. The molecule has 1 heterocycles. The number of carbonyl (C=O) groups is 1. The van der Waals surface area contributed by atoms with E-state index in [1.165, 1.54) is 4.57 Å². The van der Waals surface area contributed by atoms with Crippen molar-refractivity contribution in [1.82, 2.24) is 9.55 Å². The Bertz CT molecular complexity index is 558. The Morgan fingerprint density at radius 3 is 2.37 bits per heavy atom. The lowest BCUT2D eigenvalue weighted by Gasteiger charge is -2.24. The van der Waals surface area contributed by atoms with E-state index in [-0.39, 0.29) is 0 Å². The molecule has 5 nitrogen and oxygen atoms in total. The molecule has 1 aromatic heterocycles. The van der Waals surface area contributed by atoms with Gasteiger partial charge in [0, 0.05) is 5.69 Å². The molecule has 0 aromatic carbocycles. The summed E-state index contributed by atoms with van der Waals surface area (Å²) in [4.78, 5) is 27.9. The molecule has 0 bridgehead atoms. The summed E-state index contributed by atoms with van der Waals surface area (Å²) < 4.78 is 7.36. The van der Waals surface area contributed by atoms with E-state index >= 15 is 0 Å². The second-order valence-corrected chi connectivity index (χ2v) is 6.25. The smallest absolute Gasteiger partial charge is 0.348 e. The fraction of sp³-hybridized carbons (Fsp3) is 0.615. The quantitative estimate of drug-likeness (QED) is 0.782. The number of ether oxygens (including phenoxy) is 1. The molecule has 0 fully saturated rings. The zero-order chi connectivity index (χ0) is 15.0. The van der Waals surface area contributed by atoms with Crippen LogP contribution in [0.1, 0.15) is 45.1 Å². The van der Waals surface area contributed by atoms with Crippen molar-refractivity contribution in [2.24, 2.45) is 0 Å². The molecule has 0 aliphatic heterocycles. The average molecular weight is 331 g/mol. The number of hydrogen-bond donors (Lipinski definition) is 0. The van der Waals surface area contributed by atoms with E-state index in [1.54, 1.807) is 41.5 Å². The lowest BCUT2D eigenvalue weighted by Crippen LogP contribution is -2.36. The fourth-order valence-electron chi connectivity index (χ4n) is 1.71. The Morgan fingerprint density at radius 2 is 1.89 bits per heavy atom. The third-order valence-corrected chi connectivity index (χ3v) is 3.75. The Hall–Kier alpha value is -1.17. The van der Waals surface area contributed by atoms with Gasteiger partial charge in [-0.15, -0.1) is 0 Å². The lowest BCUT2D eigenvalue weighted by molar-refractivity contribution is -0.158. The van der Waals surface area contributed by atoms with E-state index in [2.05, 4.69) is 20.9 Å². The van der Waals surface area contributed by atoms with Gasteiger partial charge >= 0.3 is 11.7 Å². The third-order valence-electron chi connectivity index (χ3n) is 2.60. The van der Waals surface area contributed by atoms with Crippen LogP contribution in [0.3, 0.4) is 0 Å². The van der Waals surface area contributed by atoms with E-state index in [0.29, 0.717) is 11.4 Å². The summed E-state index contributed by atoms with van der Waals surface area (Å²) in [6.45, 7) is 10.5. The number of aryl methyl sites for hydroxylation is 1. The molecule has 19 heavy (non-hydrogen) atoms. The van der Waals surface area contributed by atoms with E-state index in [1.807, 2.05) is 0 Å². The number of nitrogens with zero attached hydrogens (tertiary/aromatic N) is 2. The van der Waals surface area contributed by atoms with Gasteiger partial charge < -0.3 is 4.74 Å². The van der Waals surface area contributed by atoms with Crippen molar-refractivity contribution >= 4 is 21.9 Å². The molecule has 0 N–H and O–H groups in total. The van der Waals surface area contributed by atoms with Crippen LogP contribution in [0.25, 0.3) is 0 Å². The predicted molar refractivity (Wildman–Crippen MR) is 76.2 cm³/mol. The SMILES string of the molecule is Cc1nc(=O)n(C(C)C(=O)OC(C)(C)C)c(C)c1Br. The van der Waals surface area contributed by atoms with Crippen molar-refractivity contribution < 1.29 is 9.53 Å². The molecular formula is C13H19BrN2O3. The molecular weight excluding hydrogens is 312 g/mol. The first-order chi connectivity index (χ1) is 8.54. The highest BCUT2D eigenvalue weighted by atomic mass is 79.9. The third kappa shape index (κ3) is 3.65. The van der Waals surface area contributed by atoms with Crippen molar-refractivity contribution in [3.05, 3.63) is 26.3 Å². The Kier molecular flexibility index (Phi) is 4.55. The highest BCUT2D eigenvalue weighted by molar-refractivity contribution is 9.10. The van der Waals surface area contributed by atoms with Gasteiger partial charge in [-0.1, -0.05) is 0 Å². The summed E-state index contributed by atoms with van der Waals surface area (Å²) in [7, 11) is 0. The van der Waals surface area contributed by atoms with Crippen molar-refractivity contribution in [2.45, 2.75) is 53.2 Å². The normalized spacial score (nSPS) is 13.2. The maximum Gasteiger partial charge on any atom is 0.348 e. The minimum absolute atomic E-state index is 0.448. The number of rotatable bonds is 2. The van der Waals surface area contributed by atoms with Gasteiger partial charge in [-0.3, -0.25) is 4.57 Å². The van der Waals surface area contributed by atoms with Gasteiger partial charge in [-0.05, 0) is 57.5 Å². The zero-order valence-corrected chi connectivity index (χ0v) is 13.7. The van der Waals surface area contributed by atoms with E-state index < -0.39 is 23.3 Å². The molecule has 0 aliphatic carbocycles. The van der Waals surface area contributed by atoms with Crippen LogP contribution >= 0.6 is 15.9 Å². The van der Waals surface area contributed by atoms with Crippen molar-refractivity contribution in [3.8, 4) is 0 Å². The molecule has 0 amide bonds. The van der Waals surface area contributed by atoms with Crippen LogP contribution in [-0.4, -0.2) is 21.1 Å². The molecule has 106 valence electrons. The highest BCUT2D eigenvalue weighted by Gasteiger charge is 2.25. The first-order valence-corrected chi connectivity index (χ1v) is 6.82. The molecule has 1 unspecified atom stereocenters. The summed E-state index contributed by atoms with van der Waals surface area (Å²) >= 11 is 3.37. The molecule has 1 aromatic rings. The summed E-state index contributed by atoms with van der Waals surface area (Å²) in [6, 6.07) is -0.712. The Morgan fingerprint density at radius 1 is 1.37 bits per heavy atom.